The number of benzene rings is 3. The third kappa shape index (κ3) is 3.41. The third-order valence-corrected chi connectivity index (χ3v) is 7.15. The normalized spacial score (nSPS) is 17.8. The molecule has 9 N–H and O–H groups in total. The number of carboxylic acids is 1. The van der Waals surface area contributed by atoms with E-state index in [-0.39, 0.29) is 11.1 Å². The molecule has 3 aromatic rings. The van der Waals surface area contributed by atoms with Gasteiger partial charge in [0.05, 0.1) is 22.3 Å². The second kappa shape index (κ2) is 8.69. The number of aliphatic hydroxyl groups excluding tert-OH is 2. The van der Waals surface area contributed by atoms with E-state index in [0.29, 0.717) is 0 Å². The summed E-state index contributed by atoms with van der Waals surface area (Å²) in [5, 5.41) is 87.0. The topological polar surface area (TPSA) is 242 Å². The minimum atomic E-state index is -2.00. The van der Waals surface area contributed by atoms with Crippen LogP contribution in [0.15, 0.2) is 18.2 Å². The molecule has 13 nitrogen and oxygen atoms in total. The molecule has 3 atom stereocenters. The summed E-state index contributed by atoms with van der Waals surface area (Å²) in [5.41, 5.74) is -4.97. The zero-order chi connectivity index (χ0) is 29.5. The molecule has 0 bridgehead atoms. The van der Waals surface area contributed by atoms with Gasteiger partial charge in [0.2, 0.25) is 5.78 Å². The minimum absolute atomic E-state index is 0.0499. The number of phenols is 5. The first-order valence-corrected chi connectivity index (χ1v) is 11.7. The largest absolute Gasteiger partial charge is 0.508 e. The number of aryl methyl sites for hydroxylation is 1. The number of carbonyl (C=O) groups is 4. The fourth-order valence-electron chi connectivity index (χ4n) is 5.28. The lowest BCUT2D eigenvalue weighted by molar-refractivity contribution is -0.138. The van der Waals surface area contributed by atoms with Gasteiger partial charge in [0.25, 0.3) is 5.91 Å². The summed E-state index contributed by atoms with van der Waals surface area (Å²) < 4.78 is 0. The fourth-order valence-corrected chi connectivity index (χ4v) is 5.28. The predicted octanol–water partition coefficient (Wildman–Crippen LogP) is 1.25. The molecule has 0 aromatic heterocycles. The van der Waals surface area contributed by atoms with E-state index in [1.54, 1.807) is 0 Å². The minimum Gasteiger partial charge on any atom is -0.508 e. The molecular weight excluding hydrogens is 530 g/mol. The van der Waals surface area contributed by atoms with Crippen molar-refractivity contribution in [3.8, 4) is 39.9 Å². The lowest BCUT2D eigenvalue weighted by Gasteiger charge is -2.34. The molecule has 3 aromatic carbocycles. The molecule has 1 amide bonds. The molecule has 0 spiro atoms. The molecule has 2 aliphatic rings. The first-order chi connectivity index (χ1) is 18.7. The van der Waals surface area contributed by atoms with E-state index in [2.05, 4.69) is 5.32 Å². The number of carboxylic acid groups (broad SMARTS) is 1. The van der Waals surface area contributed by atoms with Crippen molar-refractivity contribution < 1.29 is 60.0 Å². The molecule has 5 rings (SSSR count). The second-order valence-electron chi connectivity index (χ2n) is 9.59. The standard InChI is InChI=1S/C27H21NO12/c1-6-3-9-14(21(33)12(6)26(38)28-7(2)27(39)40)15-16(25(37)20(9)32)24(36)18-17(23(15)35)19(31)10-4-8(29)5-11(30)13(10)22(18)34/h3-5,7,20,25,29-30,32-33,35-37H,1-2H3,(H,28,38)(H,39,40). The van der Waals surface area contributed by atoms with E-state index in [0.717, 1.165) is 12.1 Å². The van der Waals surface area contributed by atoms with E-state index in [1.807, 2.05) is 0 Å². The zero-order valence-electron chi connectivity index (χ0n) is 20.7. The van der Waals surface area contributed by atoms with E-state index >= 15 is 0 Å². The number of hydrogen-bond acceptors (Lipinski definition) is 11. The van der Waals surface area contributed by atoms with Gasteiger partial charge >= 0.3 is 5.97 Å². The third-order valence-electron chi connectivity index (χ3n) is 7.15. The Hall–Kier alpha value is -5.14. The number of phenolic OH excluding ortho intramolecular Hbond substituents is 5. The summed E-state index contributed by atoms with van der Waals surface area (Å²) in [6.45, 7) is 2.53. The summed E-state index contributed by atoms with van der Waals surface area (Å²) in [6.07, 6.45) is -3.86. The number of amides is 1. The number of hydrogen-bond donors (Lipinski definition) is 9. The molecule has 0 heterocycles. The van der Waals surface area contributed by atoms with Crippen LogP contribution in [0.5, 0.6) is 28.7 Å². The lowest BCUT2D eigenvalue weighted by Crippen LogP contribution is -2.38. The van der Waals surface area contributed by atoms with Crippen LogP contribution in [0, 0.1) is 6.92 Å². The Kier molecular flexibility index (Phi) is 5.75. The van der Waals surface area contributed by atoms with Crippen LogP contribution in [0.3, 0.4) is 0 Å². The number of rotatable bonds is 3. The number of carbonyl (C=O) groups excluding carboxylic acids is 3. The van der Waals surface area contributed by atoms with Crippen molar-refractivity contribution in [1.29, 1.82) is 0 Å². The molecule has 0 fully saturated rings. The van der Waals surface area contributed by atoms with Gasteiger partial charge in [0.1, 0.15) is 47.0 Å². The number of ketones is 2. The molecule has 0 radical (unpaired) electrons. The van der Waals surface area contributed by atoms with Crippen LogP contribution in [-0.2, 0) is 4.79 Å². The summed E-state index contributed by atoms with van der Waals surface area (Å²) in [5.74, 6) is -8.95. The van der Waals surface area contributed by atoms with Gasteiger partial charge in [-0.3, -0.25) is 19.2 Å². The van der Waals surface area contributed by atoms with Gasteiger partial charge in [-0.2, -0.15) is 0 Å². The van der Waals surface area contributed by atoms with Crippen molar-refractivity contribution in [2.24, 2.45) is 0 Å². The van der Waals surface area contributed by atoms with Crippen LogP contribution in [0.2, 0.25) is 0 Å². The quantitative estimate of drug-likeness (QED) is 0.163. The van der Waals surface area contributed by atoms with Crippen LogP contribution in [0.4, 0.5) is 0 Å². The Labute approximate surface area is 223 Å². The van der Waals surface area contributed by atoms with Crippen molar-refractivity contribution in [1.82, 2.24) is 5.32 Å². The summed E-state index contributed by atoms with van der Waals surface area (Å²) in [6, 6.07) is 1.48. The highest BCUT2D eigenvalue weighted by molar-refractivity contribution is 6.32. The van der Waals surface area contributed by atoms with Gasteiger partial charge in [-0.05, 0) is 31.0 Å². The van der Waals surface area contributed by atoms with Gasteiger partial charge in [-0.1, -0.05) is 6.07 Å². The molecule has 40 heavy (non-hydrogen) atoms. The maximum Gasteiger partial charge on any atom is 0.325 e. The van der Waals surface area contributed by atoms with Crippen LogP contribution in [0.1, 0.15) is 78.0 Å². The second-order valence-corrected chi connectivity index (χ2v) is 9.59. The molecule has 13 heteroatoms. The fraction of sp³-hybridized carbons (Fsp3) is 0.185. The monoisotopic (exact) mass is 551 g/mol. The van der Waals surface area contributed by atoms with E-state index in [9.17, 15) is 54.9 Å². The average Bonchev–Trinajstić information content (AvgIpc) is 2.86. The highest BCUT2D eigenvalue weighted by Gasteiger charge is 2.45. The van der Waals surface area contributed by atoms with Gasteiger partial charge in [0.15, 0.2) is 5.78 Å². The highest BCUT2D eigenvalue weighted by Crippen LogP contribution is 2.58. The van der Waals surface area contributed by atoms with Crippen LogP contribution in [-0.4, -0.2) is 70.3 Å². The van der Waals surface area contributed by atoms with Gasteiger partial charge in [-0.15, -0.1) is 0 Å². The average molecular weight is 551 g/mol. The Balaban J connectivity index is 1.84. The number of aliphatic carboxylic acids is 1. The molecule has 0 saturated heterocycles. The van der Waals surface area contributed by atoms with Crippen molar-refractivity contribution in [3.63, 3.8) is 0 Å². The SMILES string of the molecule is Cc1cc2c(c(O)c1C(=O)NC(C)C(=O)O)-c1c(O)c3c(c(O)c1C(O)C2O)C(=O)c1c(O)cc(O)cc1C3=O. The van der Waals surface area contributed by atoms with Crippen LogP contribution >= 0.6 is 0 Å². The molecule has 3 unspecified atom stereocenters. The van der Waals surface area contributed by atoms with Crippen LogP contribution < -0.4 is 5.32 Å². The Morgan fingerprint density at radius 2 is 1.43 bits per heavy atom. The van der Waals surface area contributed by atoms with E-state index in [1.165, 1.54) is 19.9 Å². The van der Waals surface area contributed by atoms with Crippen molar-refractivity contribution in [2.45, 2.75) is 32.1 Å². The summed E-state index contributed by atoms with van der Waals surface area (Å²) in [7, 11) is 0. The summed E-state index contributed by atoms with van der Waals surface area (Å²) >= 11 is 0. The molecule has 0 saturated carbocycles. The predicted molar refractivity (Wildman–Crippen MR) is 133 cm³/mol. The number of nitrogens with one attached hydrogen (secondary N) is 1. The van der Waals surface area contributed by atoms with Crippen molar-refractivity contribution in [3.05, 3.63) is 62.7 Å². The van der Waals surface area contributed by atoms with Gasteiger partial charge < -0.3 is 46.2 Å². The number of aromatic hydroxyl groups is 5. The lowest BCUT2D eigenvalue weighted by atomic mass is 9.73. The molecule has 0 aliphatic heterocycles. The van der Waals surface area contributed by atoms with Crippen molar-refractivity contribution >= 4 is 23.4 Å². The first-order valence-electron chi connectivity index (χ1n) is 11.7. The van der Waals surface area contributed by atoms with E-state index < -0.39 is 115 Å². The zero-order valence-corrected chi connectivity index (χ0v) is 20.7. The van der Waals surface area contributed by atoms with Gasteiger partial charge in [-0.25, -0.2) is 0 Å². The van der Waals surface area contributed by atoms with Crippen LogP contribution in [0.25, 0.3) is 11.1 Å². The van der Waals surface area contributed by atoms with Gasteiger partial charge in [0, 0.05) is 28.3 Å². The smallest absolute Gasteiger partial charge is 0.325 e. The first kappa shape index (κ1) is 26.5. The molecule has 206 valence electrons. The Morgan fingerprint density at radius 3 is 2.05 bits per heavy atom. The Bertz CT molecular complexity index is 1720. The van der Waals surface area contributed by atoms with E-state index in [4.69, 9.17) is 5.11 Å². The maximum absolute atomic E-state index is 13.4. The number of fused-ring (bicyclic) bond motifs is 5. The Morgan fingerprint density at radius 1 is 0.800 bits per heavy atom. The number of aliphatic hydroxyl groups is 2. The molecule has 2 aliphatic carbocycles. The highest BCUT2D eigenvalue weighted by atomic mass is 16.4. The maximum atomic E-state index is 13.4. The summed E-state index contributed by atoms with van der Waals surface area (Å²) in [4.78, 5) is 50.9. The van der Waals surface area contributed by atoms with Crippen molar-refractivity contribution in [2.75, 3.05) is 0 Å². The molecular formula is C27H21NO12.